The van der Waals surface area contributed by atoms with E-state index in [1.54, 1.807) is 11.8 Å². The third-order valence-corrected chi connectivity index (χ3v) is 6.74. The molecule has 11 heteroatoms. The molecule has 25 heavy (non-hydrogen) atoms. The van der Waals surface area contributed by atoms with Crippen molar-refractivity contribution in [1.29, 1.82) is 0 Å². The van der Waals surface area contributed by atoms with Gasteiger partial charge in [-0.15, -0.1) is 0 Å². The third-order valence-electron chi connectivity index (χ3n) is 3.47. The molecule has 0 radical (unpaired) electrons. The Bertz CT molecular complexity index is 467. The normalized spacial score (nSPS) is 14.6. The summed E-state index contributed by atoms with van der Waals surface area (Å²) in [6.07, 6.45) is 1.46. The van der Waals surface area contributed by atoms with Crippen molar-refractivity contribution in [2.45, 2.75) is 50.0 Å². The Morgan fingerprint density at radius 3 is 1.44 bits per heavy atom. The molecule has 0 aliphatic heterocycles. The van der Waals surface area contributed by atoms with E-state index < -0.39 is 43.5 Å². The van der Waals surface area contributed by atoms with Crippen LogP contribution >= 0.6 is 11.8 Å². The van der Waals surface area contributed by atoms with Crippen LogP contribution in [0.25, 0.3) is 0 Å². The van der Waals surface area contributed by atoms with Gasteiger partial charge in [-0.25, -0.2) is 8.42 Å². The number of hydrogen-bond acceptors (Lipinski definition) is 5. The lowest BCUT2D eigenvalue weighted by atomic mass is 10.2. The van der Waals surface area contributed by atoms with Crippen molar-refractivity contribution >= 4 is 45.7 Å². The van der Waals surface area contributed by atoms with E-state index in [1.807, 2.05) is 0 Å². The largest absolute Gasteiger partial charge is 0.355 e. The third kappa shape index (κ3) is 8.63. The summed E-state index contributed by atoms with van der Waals surface area (Å²) in [5.74, 6) is 0.710. The quantitative estimate of drug-likeness (QED) is 0.272. The number of amides is 2. The molecular formula is C14H28N2O6S3. The highest BCUT2D eigenvalue weighted by atomic mass is 32.2. The monoisotopic (exact) mass is 416 g/mol. The first-order valence-corrected chi connectivity index (χ1v) is 11.2. The summed E-state index contributed by atoms with van der Waals surface area (Å²) in [7, 11) is 0. The van der Waals surface area contributed by atoms with E-state index >= 15 is 0 Å². The van der Waals surface area contributed by atoms with Crippen LogP contribution in [0.4, 0.5) is 0 Å². The smallest absolute Gasteiger partial charge is 0.240 e. The Kier molecular flexibility index (Phi) is 11.1. The number of carbonyl (C=O) groups is 2. The molecule has 0 aromatic rings. The lowest BCUT2D eigenvalue weighted by molar-refractivity contribution is -0.123. The molecule has 0 aliphatic rings. The number of carbonyl (C=O) groups excluding carboxylic acids is 2. The van der Waals surface area contributed by atoms with Gasteiger partial charge in [-0.2, -0.15) is 11.8 Å². The highest BCUT2D eigenvalue weighted by molar-refractivity contribution is 7.99. The van der Waals surface area contributed by atoms with E-state index in [0.29, 0.717) is 13.1 Å². The first kappa shape index (κ1) is 24.5. The summed E-state index contributed by atoms with van der Waals surface area (Å²) < 4.78 is 37.5. The van der Waals surface area contributed by atoms with Crippen LogP contribution in [0.15, 0.2) is 0 Å². The lowest BCUT2D eigenvalue weighted by Gasteiger charge is -2.19. The molecule has 0 spiro atoms. The molecule has 0 aromatic carbocycles. The number of hydrogen-bond donors (Lipinski definition) is 4. The summed E-state index contributed by atoms with van der Waals surface area (Å²) in [6, 6.07) is 0. The van der Waals surface area contributed by atoms with Crippen molar-refractivity contribution in [3.8, 4) is 0 Å². The molecular weight excluding hydrogens is 388 g/mol. The van der Waals surface area contributed by atoms with Crippen molar-refractivity contribution in [3.63, 3.8) is 0 Å². The second kappa shape index (κ2) is 11.3. The van der Waals surface area contributed by atoms with Crippen LogP contribution in [0.3, 0.4) is 0 Å². The average molecular weight is 417 g/mol. The van der Waals surface area contributed by atoms with E-state index in [4.69, 9.17) is 9.11 Å². The zero-order chi connectivity index (χ0) is 19.7. The van der Waals surface area contributed by atoms with Crippen molar-refractivity contribution in [2.24, 2.45) is 0 Å². The topological polar surface area (TPSA) is 133 Å². The predicted octanol–water partition coefficient (Wildman–Crippen LogP) is 0.733. The van der Waals surface area contributed by atoms with Crippen LogP contribution in [0.2, 0.25) is 0 Å². The van der Waals surface area contributed by atoms with Gasteiger partial charge in [0, 0.05) is 13.1 Å². The van der Waals surface area contributed by atoms with Crippen molar-refractivity contribution in [1.82, 2.24) is 10.6 Å². The minimum absolute atomic E-state index is 0.430. The minimum Gasteiger partial charge on any atom is -0.355 e. The second-order valence-electron chi connectivity index (χ2n) is 6.35. The molecule has 0 fully saturated rings. The zero-order valence-electron chi connectivity index (χ0n) is 15.0. The molecule has 8 nitrogen and oxygen atoms in total. The molecule has 148 valence electrons. The highest BCUT2D eigenvalue weighted by Gasteiger charge is 2.34. The van der Waals surface area contributed by atoms with Crippen LogP contribution in [-0.4, -0.2) is 63.4 Å². The molecule has 2 atom stereocenters. The Hall–Kier alpha value is -0.490. The average Bonchev–Trinajstić information content (AvgIpc) is 2.52. The summed E-state index contributed by atoms with van der Waals surface area (Å²) in [4.78, 5) is 23.4. The van der Waals surface area contributed by atoms with E-state index in [9.17, 15) is 18.0 Å². The van der Waals surface area contributed by atoms with E-state index in [1.165, 1.54) is 27.7 Å². The molecule has 0 bridgehead atoms. The molecule has 0 aromatic heterocycles. The van der Waals surface area contributed by atoms with Crippen LogP contribution in [0.5, 0.6) is 0 Å². The molecule has 0 aliphatic carbocycles. The van der Waals surface area contributed by atoms with Gasteiger partial charge in [0.15, 0.2) is 22.2 Å². The maximum absolute atomic E-state index is 11.7. The summed E-state index contributed by atoms with van der Waals surface area (Å²) in [5.41, 5.74) is 0. The SMILES string of the molecule is CC(C)(C(=O)NCCCSCCCNC(=O)C(C)(C)S(=O)O)S(=O)O. The maximum Gasteiger partial charge on any atom is 0.240 e. The van der Waals surface area contributed by atoms with Crippen LogP contribution in [0.1, 0.15) is 40.5 Å². The Balaban J connectivity index is 3.73. The molecule has 2 amide bonds. The number of rotatable bonds is 12. The van der Waals surface area contributed by atoms with Gasteiger partial charge >= 0.3 is 0 Å². The molecule has 0 rings (SSSR count). The van der Waals surface area contributed by atoms with Gasteiger partial charge in [-0.3, -0.25) is 9.59 Å². The lowest BCUT2D eigenvalue weighted by Crippen LogP contribution is -2.45. The molecule has 4 N–H and O–H groups in total. The number of nitrogens with one attached hydrogen (secondary N) is 2. The van der Waals surface area contributed by atoms with Crippen LogP contribution in [0, 0.1) is 0 Å². The fourth-order valence-corrected chi connectivity index (χ4v) is 2.80. The second-order valence-corrected chi connectivity index (χ2v) is 10.6. The van der Waals surface area contributed by atoms with Gasteiger partial charge < -0.3 is 19.7 Å². The first-order chi connectivity index (χ1) is 11.4. The van der Waals surface area contributed by atoms with Gasteiger partial charge in [0.2, 0.25) is 11.8 Å². The van der Waals surface area contributed by atoms with Crippen molar-refractivity contribution < 1.29 is 27.1 Å². The van der Waals surface area contributed by atoms with Gasteiger partial charge in [-0.1, -0.05) is 0 Å². The molecule has 0 heterocycles. The summed E-state index contributed by atoms with van der Waals surface area (Å²) in [6.45, 7) is 6.51. The first-order valence-electron chi connectivity index (χ1n) is 7.80. The van der Waals surface area contributed by atoms with Gasteiger partial charge in [-0.05, 0) is 52.0 Å². The van der Waals surface area contributed by atoms with Crippen LogP contribution in [-0.2, 0) is 31.7 Å². The maximum atomic E-state index is 11.7. The minimum atomic E-state index is -2.22. The van der Waals surface area contributed by atoms with E-state index in [-0.39, 0.29) is 0 Å². The predicted molar refractivity (Wildman–Crippen MR) is 102 cm³/mol. The fraction of sp³-hybridized carbons (Fsp3) is 0.857. The molecule has 0 saturated carbocycles. The van der Waals surface area contributed by atoms with Crippen molar-refractivity contribution in [3.05, 3.63) is 0 Å². The molecule has 2 unspecified atom stereocenters. The number of thioether (sulfide) groups is 1. The standard InChI is InChI=1S/C14H28N2O6S3/c1-13(2,24(19)20)11(17)15-7-5-9-23-10-6-8-16-12(18)14(3,4)25(21)22/h5-10H2,1-4H3,(H,15,17)(H,16,18)(H,19,20)(H,21,22). The van der Waals surface area contributed by atoms with Gasteiger partial charge in [0.1, 0.15) is 9.49 Å². The van der Waals surface area contributed by atoms with Gasteiger partial charge in [0.25, 0.3) is 0 Å². The van der Waals surface area contributed by atoms with Crippen LogP contribution < -0.4 is 10.6 Å². The Labute approximate surface area is 158 Å². The molecule has 0 saturated heterocycles. The highest BCUT2D eigenvalue weighted by Crippen LogP contribution is 2.12. The Morgan fingerprint density at radius 2 is 1.16 bits per heavy atom. The van der Waals surface area contributed by atoms with E-state index in [2.05, 4.69) is 10.6 Å². The van der Waals surface area contributed by atoms with E-state index in [0.717, 1.165) is 24.3 Å². The fourth-order valence-electron chi connectivity index (χ4n) is 1.44. The summed E-state index contributed by atoms with van der Waals surface area (Å²) >= 11 is -2.77. The zero-order valence-corrected chi connectivity index (χ0v) is 17.4. The van der Waals surface area contributed by atoms with Crippen molar-refractivity contribution in [2.75, 3.05) is 24.6 Å². The summed E-state index contributed by atoms with van der Waals surface area (Å²) in [5, 5.41) is 5.27. The van der Waals surface area contributed by atoms with Gasteiger partial charge in [0.05, 0.1) is 0 Å². The Morgan fingerprint density at radius 1 is 0.840 bits per heavy atom.